The van der Waals surface area contributed by atoms with Gasteiger partial charge in [0.1, 0.15) is 0 Å². The van der Waals surface area contributed by atoms with E-state index in [1.807, 2.05) is 23.5 Å². The van der Waals surface area contributed by atoms with Crippen molar-refractivity contribution in [2.45, 2.75) is 63.7 Å². The summed E-state index contributed by atoms with van der Waals surface area (Å²) in [4.78, 5) is 13.7. The summed E-state index contributed by atoms with van der Waals surface area (Å²) in [5.74, 6) is 8.88. The molecule has 0 saturated heterocycles. The zero-order valence-corrected chi connectivity index (χ0v) is 37.1. The van der Waals surface area contributed by atoms with Crippen LogP contribution in [-0.2, 0) is 31.9 Å². The summed E-state index contributed by atoms with van der Waals surface area (Å²) < 4.78 is 6.35. The average molecular weight is 952 g/mol. The summed E-state index contributed by atoms with van der Waals surface area (Å²) in [6.07, 6.45) is 6.74. The van der Waals surface area contributed by atoms with E-state index in [9.17, 15) is 0 Å². The molecule has 4 nitrogen and oxygen atoms in total. The van der Waals surface area contributed by atoms with Crippen molar-refractivity contribution in [1.29, 1.82) is 0 Å². The van der Waals surface area contributed by atoms with Crippen molar-refractivity contribution in [2.75, 3.05) is 0 Å². The van der Waals surface area contributed by atoms with Gasteiger partial charge in [-0.2, -0.15) is 11.3 Å². The number of benzene rings is 4. The summed E-state index contributed by atoms with van der Waals surface area (Å²) in [5.41, 5.74) is 9.19. The Kier molecular flexibility index (Phi) is 11.6. The number of pyridine rings is 2. The Balaban J connectivity index is 0.000000199. The first-order chi connectivity index (χ1) is 24.9. The summed E-state index contributed by atoms with van der Waals surface area (Å²) in [6.45, 7) is 11.3. The van der Waals surface area contributed by atoms with Crippen LogP contribution in [-0.4, -0.2) is 32.8 Å². The van der Waals surface area contributed by atoms with E-state index in [4.69, 9.17) is 4.98 Å². The Morgan fingerprint density at radius 3 is 2.25 bits per heavy atom. The molecule has 0 N–H and O–H groups in total. The molecule has 0 bridgehead atoms. The minimum Gasteiger partial charge on any atom is 0 e. The third-order valence-corrected chi connectivity index (χ3v) is 14.9. The maximum Gasteiger partial charge on any atom is 0 e. The second-order valence-corrected chi connectivity index (χ2v) is 27.7. The number of nitrogens with zero attached hydrogens (tertiary/aromatic N) is 4. The van der Waals surface area contributed by atoms with Crippen LogP contribution in [0.4, 0.5) is 0 Å². The molecule has 0 amide bonds. The first-order valence-corrected chi connectivity index (χ1v) is 26.3. The fourth-order valence-corrected chi connectivity index (χ4v) is 11.2. The largest absolute Gasteiger partial charge is 0 e. The van der Waals surface area contributed by atoms with Gasteiger partial charge in [0.2, 0.25) is 0 Å². The van der Waals surface area contributed by atoms with Crippen molar-refractivity contribution in [2.24, 2.45) is 5.92 Å². The molecule has 0 aliphatic rings. The predicted octanol–water partition coefficient (Wildman–Crippen LogP) is 11.8. The van der Waals surface area contributed by atoms with Crippen LogP contribution in [0, 0.1) is 18.1 Å². The van der Waals surface area contributed by atoms with Gasteiger partial charge in [-0.3, -0.25) is 4.98 Å². The standard InChI is InChI=1S/C29H23N2S.C17H23GeN2.Ir/c1-29(2,3)20-13-15-21(16-14-20)31-25-10-6-5-9-24(25)30-28(31)19-12-17-23-22-8-4-7-11-26(22)32-27(23)18-19;1-13(2)10-15-11-17(14-6-8-19-9-7-14)20-12-16(15)18(3,4)5;/h4-11,13-18H,1-3H3;6,8-9,11-13H,10H2,1-5H3;/q2*-1;. The van der Waals surface area contributed by atoms with E-state index in [1.54, 1.807) is 12.4 Å². The second-order valence-electron chi connectivity index (χ2n) is 16.0. The maximum absolute atomic E-state index is 5.03. The number of para-hydroxylation sites is 2. The van der Waals surface area contributed by atoms with E-state index in [-0.39, 0.29) is 25.5 Å². The number of fused-ring (bicyclic) bond motifs is 4. The van der Waals surface area contributed by atoms with Gasteiger partial charge < -0.3 is 4.57 Å². The topological polar surface area (TPSA) is 43.6 Å². The molecule has 0 aliphatic carbocycles. The van der Waals surface area contributed by atoms with Crippen molar-refractivity contribution in [1.82, 2.24) is 19.5 Å². The predicted molar refractivity (Wildman–Crippen MR) is 225 cm³/mol. The molecule has 8 rings (SSSR count). The Morgan fingerprint density at radius 2 is 1.55 bits per heavy atom. The van der Waals surface area contributed by atoms with Gasteiger partial charge in [-0.1, -0.05) is 68.6 Å². The molecule has 0 fully saturated rings. The van der Waals surface area contributed by atoms with Gasteiger partial charge in [0.15, 0.2) is 0 Å². The molecule has 1 radical (unpaired) electrons. The van der Waals surface area contributed by atoms with Gasteiger partial charge in [-0.05, 0) is 51.4 Å². The molecule has 8 aromatic rings. The van der Waals surface area contributed by atoms with Gasteiger partial charge in [0.05, 0.1) is 16.9 Å². The number of hydrogen-bond acceptors (Lipinski definition) is 4. The van der Waals surface area contributed by atoms with E-state index < -0.39 is 13.3 Å². The quantitative estimate of drug-likeness (QED) is 0.123. The molecule has 0 unspecified atom stereocenters. The molecular weight excluding hydrogens is 905 g/mol. The van der Waals surface area contributed by atoms with Crippen molar-refractivity contribution in [3.8, 4) is 28.3 Å². The first-order valence-electron chi connectivity index (χ1n) is 18.1. The number of thiophene rings is 1. The van der Waals surface area contributed by atoms with Crippen LogP contribution in [0.1, 0.15) is 45.7 Å². The van der Waals surface area contributed by atoms with Gasteiger partial charge in [0, 0.05) is 30.5 Å². The minimum absolute atomic E-state index is 0. The van der Waals surface area contributed by atoms with Crippen LogP contribution in [0.5, 0.6) is 0 Å². The summed E-state index contributed by atoms with van der Waals surface area (Å²) in [5, 5.41) is 2.55. The zero-order chi connectivity index (χ0) is 36.6. The fraction of sp³-hybridized carbons (Fsp3) is 0.239. The number of aromatic nitrogens is 4. The van der Waals surface area contributed by atoms with Crippen LogP contribution in [0.2, 0.25) is 17.3 Å². The molecule has 0 saturated carbocycles. The van der Waals surface area contributed by atoms with E-state index in [2.05, 4.69) is 170 Å². The van der Waals surface area contributed by atoms with Gasteiger partial charge >= 0.3 is 125 Å². The molecule has 7 heteroatoms. The Bertz CT molecular complexity index is 2490. The van der Waals surface area contributed by atoms with E-state index >= 15 is 0 Å². The second kappa shape index (κ2) is 15.8. The fourth-order valence-electron chi connectivity index (χ4n) is 6.77. The van der Waals surface area contributed by atoms with Crippen molar-refractivity contribution in [3.63, 3.8) is 0 Å². The third kappa shape index (κ3) is 8.42. The average Bonchev–Trinajstić information content (AvgIpc) is 3.70. The Morgan fingerprint density at radius 1 is 0.811 bits per heavy atom. The van der Waals surface area contributed by atoms with Crippen molar-refractivity contribution >= 4 is 60.2 Å². The van der Waals surface area contributed by atoms with Crippen LogP contribution < -0.4 is 4.40 Å². The Hall–Kier alpha value is -3.94. The molecule has 4 aromatic heterocycles. The van der Waals surface area contributed by atoms with Crippen LogP contribution in [0.25, 0.3) is 59.5 Å². The number of imidazole rings is 1. The smallest absolute Gasteiger partial charge is 0 e. The van der Waals surface area contributed by atoms with Crippen LogP contribution >= 0.6 is 11.3 Å². The van der Waals surface area contributed by atoms with Crippen molar-refractivity contribution < 1.29 is 20.1 Å². The van der Waals surface area contributed by atoms with Gasteiger partial charge in [-0.25, -0.2) is 0 Å². The third-order valence-electron chi connectivity index (χ3n) is 9.43. The zero-order valence-electron chi connectivity index (χ0n) is 31.8. The molecule has 53 heavy (non-hydrogen) atoms. The monoisotopic (exact) mass is 953 g/mol. The van der Waals surface area contributed by atoms with Gasteiger partial charge in [-0.15, -0.1) is 23.8 Å². The summed E-state index contributed by atoms with van der Waals surface area (Å²) in [7, 11) is 0. The molecular formula is C46H46GeIrN4S-2. The SMILES string of the molecule is CC(C)(C)c1ccc(-n2c(-c3[c-]cc4c(c3)sc3ccccc34)nc3ccccc32)cc1.CC(C)Cc1cc(-c2[c-]cncc2)nc[c]1[Ge]([CH3])([CH3])[CH3].[Ir]. The van der Waals surface area contributed by atoms with Crippen molar-refractivity contribution in [3.05, 3.63) is 139 Å². The minimum atomic E-state index is -1.87. The van der Waals surface area contributed by atoms with Crippen LogP contribution in [0.3, 0.4) is 0 Å². The maximum atomic E-state index is 5.03. The number of hydrogen-bond donors (Lipinski definition) is 0. The van der Waals surface area contributed by atoms with Gasteiger partial charge in [0.25, 0.3) is 0 Å². The first kappa shape index (κ1) is 38.8. The molecule has 0 atom stereocenters. The molecule has 0 spiro atoms. The summed E-state index contributed by atoms with van der Waals surface area (Å²) >= 11 is -0.0437. The molecule has 4 aromatic carbocycles. The van der Waals surface area contributed by atoms with Crippen LogP contribution in [0.15, 0.2) is 116 Å². The normalized spacial score (nSPS) is 11.9. The van der Waals surface area contributed by atoms with E-state index in [0.29, 0.717) is 5.92 Å². The van der Waals surface area contributed by atoms with E-state index in [0.717, 1.165) is 45.8 Å². The number of rotatable bonds is 6. The Labute approximate surface area is 334 Å². The molecule has 0 aliphatic heterocycles. The molecule has 4 heterocycles. The summed E-state index contributed by atoms with van der Waals surface area (Å²) in [6, 6.07) is 41.1. The van der Waals surface area contributed by atoms with E-state index in [1.165, 1.54) is 35.7 Å². The molecule has 271 valence electrons.